The van der Waals surface area contributed by atoms with Crippen LogP contribution in [0.2, 0.25) is 0 Å². The van der Waals surface area contributed by atoms with Crippen molar-refractivity contribution >= 4 is 50.6 Å². The standard InChI is InChI=1S/C25H32N4O2S2/c1-16(2)13-14-29-24(31)22-19-7-5-6-8-20(19)33-23(22)27-25(29)32-15-21(30)26-17-9-11-18(12-10-17)28(3)4/h9-12,16H,5-8,13-15H2,1-4H3,(H,26,30). The predicted octanol–water partition coefficient (Wildman–Crippen LogP) is 5.18. The molecule has 1 amide bonds. The molecule has 1 aliphatic rings. The third-order valence-corrected chi connectivity index (χ3v) is 8.13. The fourth-order valence-corrected chi connectivity index (χ4v) is 6.21. The van der Waals surface area contributed by atoms with Crippen molar-refractivity contribution in [1.82, 2.24) is 9.55 Å². The topological polar surface area (TPSA) is 67.2 Å². The highest BCUT2D eigenvalue weighted by atomic mass is 32.2. The Kier molecular flexibility index (Phi) is 7.44. The number of benzene rings is 1. The molecule has 0 saturated carbocycles. The van der Waals surface area contributed by atoms with E-state index in [-0.39, 0.29) is 17.2 Å². The van der Waals surface area contributed by atoms with Crippen LogP contribution in [0.3, 0.4) is 0 Å². The molecule has 0 spiro atoms. The van der Waals surface area contributed by atoms with E-state index in [2.05, 4.69) is 19.2 Å². The lowest BCUT2D eigenvalue weighted by atomic mass is 9.97. The SMILES string of the molecule is CC(C)CCn1c(SCC(=O)Nc2ccc(N(C)C)cc2)nc2sc3c(c2c1=O)CCCC3. The molecule has 0 atom stereocenters. The maximum absolute atomic E-state index is 13.5. The van der Waals surface area contributed by atoms with Crippen molar-refractivity contribution in [3.63, 3.8) is 0 Å². The molecule has 1 aliphatic carbocycles. The van der Waals surface area contributed by atoms with Crippen molar-refractivity contribution in [3.8, 4) is 0 Å². The van der Waals surface area contributed by atoms with Crippen molar-refractivity contribution < 1.29 is 4.79 Å². The number of hydrogen-bond acceptors (Lipinski definition) is 6. The van der Waals surface area contributed by atoms with Crippen LogP contribution in [0.25, 0.3) is 10.2 Å². The summed E-state index contributed by atoms with van der Waals surface area (Å²) in [7, 11) is 3.97. The molecule has 6 nitrogen and oxygen atoms in total. The number of thiophene rings is 1. The molecule has 176 valence electrons. The molecule has 0 aliphatic heterocycles. The number of aromatic nitrogens is 2. The molecule has 0 bridgehead atoms. The highest BCUT2D eigenvalue weighted by molar-refractivity contribution is 7.99. The van der Waals surface area contributed by atoms with Crippen LogP contribution in [-0.4, -0.2) is 35.3 Å². The molecule has 3 aromatic rings. The fourth-order valence-electron chi connectivity index (χ4n) is 4.08. The molecule has 0 radical (unpaired) electrons. The van der Waals surface area contributed by atoms with E-state index < -0.39 is 0 Å². The van der Waals surface area contributed by atoms with Crippen LogP contribution in [0, 0.1) is 5.92 Å². The van der Waals surface area contributed by atoms with Crippen molar-refractivity contribution in [2.24, 2.45) is 5.92 Å². The predicted molar refractivity (Wildman–Crippen MR) is 140 cm³/mol. The van der Waals surface area contributed by atoms with Gasteiger partial charge in [0, 0.05) is 36.9 Å². The molecule has 8 heteroatoms. The van der Waals surface area contributed by atoms with Crippen LogP contribution in [0.4, 0.5) is 11.4 Å². The van der Waals surface area contributed by atoms with Crippen LogP contribution in [0.15, 0.2) is 34.2 Å². The first kappa shape index (κ1) is 23.8. The van der Waals surface area contributed by atoms with Crippen LogP contribution in [0.5, 0.6) is 0 Å². The summed E-state index contributed by atoms with van der Waals surface area (Å²) in [5.41, 5.74) is 3.11. The second kappa shape index (κ2) is 10.3. The molecule has 1 N–H and O–H groups in total. The Morgan fingerprint density at radius 2 is 1.94 bits per heavy atom. The number of nitrogens with zero attached hydrogens (tertiary/aromatic N) is 3. The number of carbonyl (C=O) groups is 1. The third-order valence-electron chi connectivity index (χ3n) is 5.97. The Morgan fingerprint density at radius 3 is 2.64 bits per heavy atom. The van der Waals surface area contributed by atoms with Gasteiger partial charge < -0.3 is 10.2 Å². The van der Waals surface area contributed by atoms with E-state index in [9.17, 15) is 9.59 Å². The number of aryl methyl sites for hydroxylation is 2. The minimum atomic E-state index is -0.104. The van der Waals surface area contributed by atoms with Gasteiger partial charge in [0.25, 0.3) is 5.56 Å². The van der Waals surface area contributed by atoms with Gasteiger partial charge in [-0.1, -0.05) is 25.6 Å². The lowest BCUT2D eigenvalue weighted by Gasteiger charge is -2.15. The van der Waals surface area contributed by atoms with Gasteiger partial charge in [-0.15, -0.1) is 11.3 Å². The zero-order valence-corrected chi connectivity index (χ0v) is 21.4. The van der Waals surface area contributed by atoms with Gasteiger partial charge in [0.05, 0.1) is 11.1 Å². The number of thioether (sulfide) groups is 1. The van der Waals surface area contributed by atoms with Gasteiger partial charge in [0.1, 0.15) is 4.83 Å². The Morgan fingerprint density at radius 1 is 1.21 bits per heavy atom. The Hall–Kier alpha value is -2.32. The van der Waals surface area contributed by atoms with Crippen molar-refractivity contribution in [1.29, 1.82) is 0 Å². The van der Waals surface area contributed by atoms with E-state index >= 15 is 0 Å². The lowest BCUT2D eigenvalue weighted by molar-refractivity contribution is -0.113. The van der Waals surface area contributed by atoms with Crippen molar-refractivity contribution in [3.05, 3.63) is 45.1 Å². The third kappa shape index (κ3) is 5.44. The maximum Gasteiger partial charge on any atom is 0.263 e. The van der Waals surface area contributed by atoms with Crippen molar-refractivity contribution in [2.75, 3.05) is 30.1 Å². The Balaban J connectivity index is 1.55. The molecule has 1 aromatic carbocycles. The first-order chi connectivity index (χ1) is 15.8. The van der Waals surface area contributed by atoms with Gasteiger partial charge in [0.2, 0.25) is 5.91 Å². The summed E-state index contributed by atoms with van der Waals surface area (Å²) in [5, 5.41) is 4.41. The normalized spacial score (nSPS) is 13.4. The van der Waals surface area contributed by atoms with E-state index in [1.54, 1.807) is 15.9 Å². The molecule has 0 saturated heterocycles. The van der Waals surface area contributed by atoms with Crippen LogP contribution in [0.1, 0.15) is 43.6 Å². The summed E-state index contributed by atoms with van der Waals surface area (Å²) in [6.45, 7) is 4.94. The summed E-state index contributed by atoms with van der Waals surface area (Å²) < 4.78 is 1.80. The molecule has 0 fully saturated rings. The number of hydrogen-bond donors (Lipinski definition) is 1. The minimum absolute atomic E-state index is 0.0576. The smallest absolute Gasteiger partial charge is 0.263 e. The number of amides is 1. The number of carbonyl (C=O) groups excluding carboxylic acids is 1. The maximum atomic E-state index is 13.5. The van der Waals surface area contributed by atoms with Crippen LogP contribution >= 0.6 is 23.1 Å². The highest BCUT2D eigenvalue weighted by Gasteiger charge is 2.22. The highest BCUT2D eigenvalue weighted by Crippen LogP contribution is 2.34. The molecular formula is C25H32N4O2S2. The molecule has 4 rings (SSSR count). The average Bonchev–Trinajstić information content (AvgIpc) is 3.16. The number of fused-ring (bicyclic) bond motifs is 3. The fraction of sp³-hybridized carbons (Fsp3) is 0.480. The second-order valence-electron chi connectivity index (χ2n) is 9.20. The molecule has 33 heavy (non-hydrogen) atoms. The van der Waals surface area contributed by atoms with Gasteiger partial charge in [0.15, 0.2) is 5.16 Å². The van der Waals surface area contributed by atoms with E-state index in [0.29, 0.717) is 17.6 Å². The van der Waals surface area contributed by atoms with Gasteiger partial charge in [-0.25, -0.2) is 4.98 Å². The number of anilines is 2. The summed E-state index contributed by atoms with van der Waals surface area (Å²) in [6, 6.07) is 7.74. The largest absolute Gasteiger partial charge is 0.378 e. The van der Waals surface area contributed by atoms with Gasteiger partial charge in [-0.3, -0.25) is 14.2 Å². The molecular weight excluding hydrogens is 452 g/mol. The van der Waals surface area contributed by atoms with Crippen LogP contribution in [-0.2, 0) is 24.2 Å². The van der Waals surface area contributed by atoms with E-state index in [1.165, 1.54) is 28.6 Å². The Bertz CT molecular complexity index is 1200. The zero-order chi connectivity index (χ0) is 23.5. The van der Waals surface area contributed by atoms with Gasteiger partial charge in [-0.2, -0.15) is 0 Å². The average molecular weight is 485 g/mol. The summed E-state index contributed by atoms with van der Waals surface area (Å²) >= 11 is 3.01. The quantitative estimate of drug-likeness (QED) is 0.352. The van der Waals surface area contributed by atoms with E-state index in [0.717, 1.165) is 47.3 Å². The number of nitrogens with one attached hydrogen (secondary N) is 1. The summed E-state index contributed by atoms with van der Waals surface area (Å²) in [5.74, 6) is 0.586. The van der Waals surface area contributed by atoms with Gasteiger partial charge >= 0.3 is 0 Å². The van der Waals surface area contributed by atoms with E-state index in [4.69, 9.17) is 4.98 Å². The summed E-state index contributed by atoms with van der Waals surface area (Å²) in [6.07, 6.45) is 5.23. The van der Waals surface area contributed by atoms with Crippen LogP contribution < -0.4 is 15.8 Å². The Labute approximate surface area is 203 Å². The zero-order valence-electron chi connectivity index (χ0n) is 19.8. The van der Waals surface area contributed by atoms with Gasteiger partial charge in [-0.05, 0) is 67.9 Å². The van der Waals surface area contributed by atoms with E-state index in [1.807, 2.05) is 43.3 Å². The lowest BCUT2D eigenvalue weighted by Crippen LogP contribution is -2.25. The molecule has 2 heterocycles. The second-order valence-corrected chi connectivity index (χ2v) is 11.2. The first-order valence-electron chi connectivity index (χ1n) is 11.6. The number of rotatable bonds is 8. The van der Waals surface area contributed by atoms with Crippen molar-refractivity contribution in [2.45, 2.75) is 57.7 Å². The minimum Gasteiger partial charge on any atom is -0.378 e. The monoisotopic (exact) mass is 484 g/mol. The first-order valence-corrected chi connectivity index (χ1v) is 13.4. The molecule has 0 unspecified atom stereocenters. The summed E-state index contributed by atoms with van der Waals surface area (Å²) in [4.78, 5) is 35.2. The molecule has 2 aromatic heterocycles.